The second kappa shape index (κ2) is 5.36. The van der Waals surface area contributed by atoms with Crippen LogP contribution in [-0.2, 0) is 4.79 Å². The van der Waals surface area contributed by atoms with E-state index >= 15 is 0 Å². The number of benzene rings is 2. The highest BCUT2D eigenvalue weighted by Gasteiger charge is 2.16. The minimum atomic E-state index is -0.204. The Labute approximate surface area is 107 Å². The molecule has 3 nitrogen and oxygen atoms in total. The molecule has 0 saturated heterocycles. The number of nitrogens with one attached hydrogen (secondary N) is 1. The molecule has 3 N–H and O–H groups in total. The molecule has 0 radical (unpaired) electrons. The SMILES string of the molecule is CC(=O)NC(c1ccccc1)c1ccccc1N. The Morgan fingerprint density at radius 1 is 1.06 bits per heavy atom. The Morgan fingerprint density at radius 2 is 1.67 bits per heavy atom. The van der Waals surface area contributed by atoms with E-state index in [1.165, 1.54) is 6.92 Å². The van der Waals surface area contributed by atoms with Gasteiger partial charge in [-0.25, -0.2) is 0 Å². The van der Waals surface area contributed by atoms with E-state index in [-0.39, 0.29) is 11.9 Å². The molecule has 92 valence electrons. The second-order valence-electron chi connectivity index (χ2n) is 4.17. The lowest BCUT2D eigenvalue weighted by molar-refractivity contribution is -0.119. The summed E-state index contributed by atoms with van der Waals surface area (Å²) >= 11 is 0. The molecule has 0 saturated carbocycles. The molecule has 18 heavy (non-hydrogen) atoms. The second-order valence-corrected chi connectivity index (χ2v) is 4.17. The van der Waals surface area contributed by atoms with Crippen molar-refractivity contribution >= 4 is 11.6 Å². The van der Waals surface area contributed by atoms with Crippen molar-refractivity contribution in [2.45, 2.75) is 13.0 Å². The fourth-order valence-electron chi connectivity index (χ4n) is 1.96. The molecule has 0 spiro atoms. The van der Waals surface area contributed by atoms with Gasteiger partial charge in [-0.1, -0.05) is 48.5 Å². The fraction of sp³-hybridized carbons (Fsp3) is 0.133. The molecule has 1 atom stereocenters. The van der Waals surface area contributed by atoms with Gasteiger partial charge >= 0.3 is 0 Å². The van der Waals surface area contributed by atoms with E-state index in [4.69, 9.17) is 5.73 Å². The molecule has 0 aliphatic carbocycles. The number of nitrogen functional groups attached to an aromatic ring is 1. The van der Waals surface area contributed by atoms with E-state index in [0.717, 1.165) is 11.1 Å². The topological polar surface area (TPSA) is 55.1 Å². The molecule has 0 aliphatic heterocycles. The maximum atomic E-state index is 11.4. The predicted octanol–water partition coefficient (Wildman–Crippen LogP) is 2.49. The van der Waals surface area contributed by atoms with Crippen LogP contribution in [0.25, 0.3) is 0 Å². The third-order valence-corrected chi connectivity index (χ3v) is 2.79. The van der Waals surface area contributed by atoms with Gasteiger partial charge in [0.2, 0.25) is 5.91 Å². The standard InChI is InChI=1S/C15H16N2O/c1-11(18)17-15(12-7-3-2-4-8-12)13-9-5-6-10-14(13)16/h2-10,15H,16H2,1H3,(H,17,18). The molecule has 0 fully saturated rings. The van der Waals surface area contributed by atoms with Crippen molar-refractivity contribution in [2.75, 3.05) is 5.73 Å². The number of nitrogens with two attached hydrogens (primary N) is 1. The van der Waals surface area contributed by atoms with Gasteiger partial charge in [-0.15, -0.1) is 0 Å². The number of amides is 1. The van der Waals surface area contributed by atoms with Gasteiger partial charge in [-0.3, -0.25) is 4.79 Å². The molecule has 1 unspecified atom stereocenters. The first-order chi connectivity index (χ1) is 8.68. The van der Waals surface area contributed by atoms with E-state index in [2.05, 4.69) is 5.32 Å². The summed E-state index contributed by atoms with van der Waals surface area (Å²) in [7, 11) is 0. The molecular formula is C15H16N2O. The molecule has 2 rings (SSSR count). The maximum absolute atomic E-state index is 11.4. The summed E-state index contributed by atoms with van der Waals surface area (Å²) in [5.74, 6) is -0.0768. The number of para-hydroxylation sites is 1. The molecule has 2 aromatic rings. The highest BCUT2D eigenvalue weighted by atomic mass is 16.1. The zero-order chi connectivity index (χ0) is 13.0. The summed E-state index contributed by atoms with van der Waals surface area (Å²) in [4.78, 5) is 11.4. The Kier molecular flexibility index (Phi) is 3.63. The smallest absolute Gasteiger partial charge is 0.217 e. The lowest BCUT2D eigenvalue weighted by atomic mass is 9.97. The van der Waals surface area contributed by atoms with E-state index in [0.29, 0.717) is 5.69 Å². The van der Waals surface area contributed by atoms with Crippen LogP contribution in [-0.4, -0.2) is 5.91 Å². The third kappa shape index (κ3) is 2.69. The van der Waals surface area contributed by atoms with Crippen LogP contribution in [0.3, 0.4) is 0 Å². The van der Waals surface area contributed by atoms with Gasteiger partial charge in [0, 0.05) is 18.2 Å². The van der Waals surface area contributed by atoms with Crippen molar-refractivity contribution in [2.24, 2.45) is 0 Å². The van der Waals surface area contributed by atoms with Crippen molar-refractivity contribution in [3.8, 4) is 0 Å². The Balaban J connectivity index is 2.44. The molecule has 0 aliphatic rings. The first-order valence-corrected chi connectivity index (χ1v) is 5.85. The summed E-state index contributed by atoms with van der Waals surface area (Å²) in [5.41, 5.74) is 8.60. The van der Waals surface area contributed by atoms with Crippen molar-refractivity contribution in [1.82, 2.24) is 5.32 Å². The van der Waals surface area contributed by atoms with Crippen LogP contribution in [0.2, 0.25) is 0 Å². The van der Waals surface area contributed by atoms with Gasteiger partial charge in [0.05, 0.1) is 6.04 Å². The van der Waals surface area contributed by atoms with Gasteiger partial charge in [0.25, 0.3) is 0 Å². The van der Waals surface area contributed by atoms with Crippen molar-refractivity contribution in [1.29, 1.82) is 0 Å². The molecule has 2 aromatic carbocycles. The number of hydrogen-bond acceptors (Lipinski definition) is 2. The molecule has 1 amide bonds. The number of hydrogen-bond donors (Lipinski definition) is 2. The molecule has 0 heterocycles. The molecule has 0 aromatic heterocycles. The largest absolute Gasteiger partial charge is 0.398 e. The van der Waals surface area contributed by atoms with Crippen molar-refractivity contribution in [3.05, 3.63) is 65.7 Å². The maximum Gasteiger partial charge on any atom is 0.217 e. The summed E-state index contributed by atoms with van der Waals surface area (Å²) in [6.07, 6.45) is 0. The minimum absolute atomic E-state index is 0.0768. The van der Waals surface area contributed by atoms with Gasteiger partial charge in [-0.05, 0) is 11.6 Å². The zero-order valence-corrected chi connectivity index (χ0v) is 10.3. The number of anilines is 1. The predicted molar refractivity (Wildman–Crippen MR) is 73.0 cm³/mol. The summed E-state index contributed by atoms with van der Waals surface area (Å²) < 4.78 is 0. The van der Waals surface area contributed by atoms with Crippen LogP contribution in [0, 0.1) is 0 Å². The third-order valence-electron chi connectivity index (χ3n) is 2.79. The van der Waals surface area contributed by atoms with Gasteiger partial charge in [-0.2, -0.15) is 0 Å². The molecular weight excluding hydrogens is 224 g/mol. The zero-order valence-electron chi connectivity index (χ0n) is 10.3. The average Bonchev–Trinajstić information content (AvgIpc) is 2.38. The van der Waals surface area contributed by atoms with Gasteiger partial charge in [0.15, 0.2) is 0 Å². The Hall–Kier alpha value is -2.29. The first kappa shape index (κ1) is 12.2. The van der Waals surface area contributed by atoms with Crippen LogP contribution in [0.15, 0.2) is 54.6 Å². The fourth-order valence-corrected chi connectivity index (χ4v) is 1.96. The van der Waals surface area contributed by atoms with Crippen LogP contribution in [0.4, 0.5) is 5.69 Å². The first-order valence-electron chi connectivity index (χ1n) is 5.85. The lowest BCUT2D eigenvalue weighted by Crippen LogP contribution is -2.27. The van der Waals surface area contributed by atoms with E-state index < -0.39 is 0 Å². The highest BCUT2D eigenvalue weighted by molar-refractivity contribution is 5.74. The number of carbonyl (C=O) groups excluding carboxylic acids is 1. The lowest BCUT2D eigenvalue weighted by Gasteiger charge is -2.20. The summed E-state index contributed by atoms with van der Waals surface area (Å²) in [6.45, 7) is 1.51. The highest BCUT2D eigenvalue weighted by Crippen LogP contribution is 2.26. The quantitative estimate of drug-likeness (QED) is 0.810. The van der Waals surface area contributed by atoms with Gasteiger partial charge < -0.3 is 11.1 Å². The number of rotatable bonds is 3. The number of carbonyl (C=O) groups is 1. The van der Waals surface area contributed by atoms with Crippen LogP contribution in [0.5, 0.6) is 0 Å². The normalized spacial score (nSPS) is 11.8. The van der Waals surface area contributed by atoms with Crippen LogP contribution in [0.1, 0.15) is 24.1 Å². The Bertz CT molecular complexity index is 537. The van der Waals surface area contributed by atoms with Gasteiger partial charge in [0.1, 0.15) is 0 Å². The van der Waals surface area contributed by atoms with E-state index in [1.807, 2.05) is 54.6 Å². The van der Waals surface area contributed by atoms with E-state index in [9.17, 15) is 4.79 Å². The van der Waals surface area contributed by atoms with Crippen molar-refractivity contribution in [3.63, 3.8) is 0 Å². The molecule has 0 bridgehead atoms. The summed E-state index contributed by atoms with van der Waals surface area (Å²) in [5, 5.41) is 2.93. The van der Waals surface area contributed by atoms with Crippen molar-refractivity contribution < 1.29 is 4.79 Å². The average molecular weight is 240 g/mol. The minimum Gasteiger partial charge on any atom is -0.398 e. The Morgan fingerprint density at radius 3 is 2.28 bits per heavy atom. The van der Waals surface area contributed by atoms with Crippen LogP contribution < -0.4 is 11.1 Å². The van der Waals surface area contributed by atoms with Crippen LogP contribution >= 0.6 is 0 Å². The molecule has 3 heteroatoms. The summed E-state index contributed by atoms with van der Waals surface area (Å²) in [6, 6.07) is 17.2. The van der Waals surface area contributed by atoms with E-state index in [1.54, 1.807) is 0 Å². The monoisotopic (exact) mass is 240 g/mol.